The minimum atomic E-state index is -1.00. The predicted molar refractivity (Wildman–Crippen MR) is 96.1 cm³/mol. The van der Waals surface area contributed by atoms with Crippen molar-refractivity contribution in [3.05, 3.63) is 58.1 Å². The summed E-state index contributed by atoms with van der Waals surface area (Å²) in [6, 6.07) is 11.2. The number of nitrogens with one attached hydrogen (secondary N) is 1. The molecule has 132 valence electrons. The number of methoxy groups -OCH3 is 2. The van der Waals surface area contributed by atoms with Crippen LogP contribution in [0.5, 0.6) is 11.5 Å². The Morgan fingerprint density at radius 1 is 1.12 bits per heavy atom. The highest BCUT2D eigenvalue weighted by Gasteiger charge is 2.19. The van der Waals surface area contributed by atoms with Gasteiger partial charge in [0.25, 0.3) is 5.91 Å². The summed E-state index contributed by atoms with van der Waals surface area (Å²) in [5.74, 6) is -0.112. The molecule has 7 heteroatoms. The highest BCUT2D eigenvalue weighted by atomic mass is 79.9. The standard InChI is InChI=1S/C18H18BrNO5/c1-24-13-6-3-11(4-7-13)15(10-17(21)22)20-18(23)12-5-8-16(25-2)14(19)9-12/h3-9,15H,10H2,1-2H3,(H,20,23)(H,21,22)/t15-/m0/s1. The number of rotatable bonds is 7. The highest BCUT2D eigenvalue weighted by Crippen LogP contribution is 2.26. The van der Waals surface area contributed by atoms with Crippen LogP contribution in [-0.4, -0.2) is 31.2 Å². The molecule has 0 heterocycles. The summed E-state index contributed by atoms with van der Waals surface area (Å²) in [7, 11) is 3.08. The van der Waals surface area contributed by atoms with E-state index in [0.29, 0.717) is 27.1 Å². The Kier molecular flexibility index (Phi) is 6.41. The van der Waals surface area contributed by atoms with Crippen LogP contribution in [0.2, 0.25) is 0 Å². The van der Waals surface area contributed by atoms with Crippen molar-refractivity contribution in [3.8, 4) is 11.5 Å². The molecule has 25 heavy (non-hydrogen) atoms. The Labute approximate surface area is 153 Å². The number of benzene rings is 2. The van der Waals surface area contributed by atoms with Gasteiger partial charge in [0.1, 0.15) is 11.5 Å². The lowest BCUT2D eigenvalue weighted by molar-refractivity contribution is -0.137. The van der Waals surface area contributed by atoms with Gasteiger partial charge in [0, 0.05) is 5.56 Å². The second-order valence-electron chi connectivity index (χ2n) is 5.25. The van der Waals surface area contributed by atoms with E-state index in [2.05, 4.69) is 21.2 Å². The van der Waals surface area contributed by atoms with E-state index < -0.39 is 12.0 Å². The van der Waals surface area contributed by atoms with E-state index >= 15 is 0 Å². The summed E-state index contributed by atoms with van der Waals surface area (Å²) >= 11 is 3.33. The van der Waals surface area contributed by atoms with Gasteiger partial charge in [-0.1, -0.05) is 12.1 Å². The summed E-state index contributed by atoms with van der Waals surface area (Å²) in [6.07, 6.45) is -0.227. The first kappa shape index (κ1) is 18.8. The Balaban J connectivity index is 2.21. The average molecular weight is 408 g/mol. The number of carboxylic acid groups (broad SMARTS) is 1. The molecule has 0 unspecified atom stereocenters. The van der Waals surface area contributed by atoms with Crippen LogP contribution in [0, 0.1) is 0 Å². The number of carbonyl (C=O) groups is 2. The molecule has 0 aliphatic carbocycles. The number of amides is 1. The van der Waals surface area contributed by atoms with Gasteiger partial charge in [-0.3, -0.25) is 9.59 Å². The predicted octanol–water partition coefficient (Wildman–Crippen LogP) is 3.41. The lowest BCUT2D eigenvalue weighted by atomic mass is 10.0. The summed E-state index contributed by atoms with van der Waals surface area (Å²) in [5, 5.41) is 11.9. The number of carboxylic acids is 1. The maximum Gasteiger partial charge on any atom is 0.305 e. The van der Waals surface area contributed by atoms with E-state index in [-0.39, 0.29) is 12.3 Å². The number of halogens is 1. The van der Waals surface area contributed by atoms with Crippen molar-refractivity contribution in [2.45, 2.75) is 12.5 Å². The number of hydrogen-bond acceptors (Lipinski definition) is 4. The number of carbonyl (C=O) groups excluding carboxylic acids is 1. The maximum atomic E-state index is 12.5. The van der Waals surface area contributed by atoms with E-state index in [1.165, 1.54) is 7.11 Å². The molecule has 0 saturated heterocycles. The average Bonchev–Trinajstić information content (AvgIpc) is 2.60. The molecule has 0 fully saturated rings. The van der Waals surface area contributed by atoms with Gasteiger partial charge in [-0.05, 0) is 51.8 Å². The van der Waals surface area contributed by atoms with Gasteiger partial charge < -0.3 is 19.9 Å². The van der Waals surface area contributed by atoms with Crippen molar-refractivity contribution >= 4 is 27.8 Å². The van der Waals surface area contributed by atoms with Gasteiger partial charge in [0.05, 0.1) is 31.2 Å². The minimum absolute atomic E-state index is 0.227. The molecule has 6 nitrogen and oxygen atoms in total. The van der Waals surface area contributed by atoms with Crippen LogP contribution >= 0.6 is 15.9 Å². The topological polar surface area (TPSA) is 84.9 Å². The molecular formula is C18H18BrNO5. The fourth-order valence-electron chi connectivity index (χ4n) is 2.31. The fraction of sp³-hybridized carbons (Fsp3) is 0.222. The molecule has 0 aromatic heterocycles. The Morgan fingerprint density at radius 2 is 1.80 bits per heavy atom. The van der Waals surface area contributed by atoms with Crippen molar-refractivity contribution in [1.82, 2.24) is 5.32 Å². The molecule has 0 spiro atoms. The summed E-state index contributed by atoms with van der Waals surface area (Å²) in [6.45, 7) is 0. The zero-order valence-electron chi connectivity index (χ0n) is 13.8. The Morgan fingerprint density at radius 3 is 2.32 bits per heavy atom. The summed E-state index contributed by atoms with van der Waals surface area (Å²) in [5.41, 5.74) is 1.08. The highest BCUT2D eigenvalue weighted by molar-refractivity contribution is 9.10. The first-order valence-electron chi connectivity index (χ1n) is 7.44. The first-order valence-corrected chi connectivity index (χ1v) is 8.24. The third-order valence-electron chi connectivity index (χ3n) is 3.62. The fourth-order valence-corrected chi connectivity index (χ4v) is 2.85. The molecule has 0 saturated carbocycles. The molecule has 1 amide bonds. The normalized spacial score (nSPS) is 11.5. The largest absolute Gasteiger partial charge is 0.497 e. The molecule has 2 aromatic carbocycles. The van der Waals surface area contributed by atoms with Crippen LogP contribution in [-0.2, 0) is 4.79 Å². The van der Waals surface area contributed by atoms with E-state index in [1.54, 1.807) is 49.6 Å². The number of ether oxygens (including phenoxy) is 2. The van der Waals surface area contributed by atoms with E-state index in [4.69, 9.17) is 14.6 Å². The summed E-state index contributed by atoms with van der Waals surface area (Å²) < 4.78 is 10.9. The molecule has 2 N–H and O–H groups in total. The van der Waals surface area contributed by atoms with Crippen molar-refractivity contribution in [2.24, 2.45) is 0 Å². The van der Waals surface area contributed by atoms with Crippen LogP contribution in [0.3, 0.4) is 0 Å². The van der Waals surface area contributed by atoms with Crippen molar-refractivity contribution in [3.63, 3.8) is 0 Å². The van der Waals surface area contributed by atoms with E-state index in [0.717, 1.165) is 0 Å². The molecule has 0 radical (unpaired) electrons. The smallest absolute Gasteiger partial charge is 0.305 e. The molecule has 2 aromatic rings. The molecule has 1 atom stereocenters. The van der Waals surface area contributed by atoms with Gasteiger partial charge in [0.2, 0.25) is 0 Å². The lowest BCUT2D eigenvalue weighted by Gasteiger charge is -2.18. The van der Waals surface area contributed by atoms with Crippen molar-refractivity contribution in [2.75, 3.05) is 14.2 Å². The molecule has 0 aliphatic rings. The monoisotopic (exact) mass is 407 g/mol. The van der Waals surface area contributed by atoms with E-state index in [1.807, 2.05) is 0 Å². The molecule has 0 aliphatic heterocycles. The Bertz CT molecular complexity index is 761. The third-order valence-corrected chi connectivity index (χ3v) is 4.24. The SMILES string of the molecule is COc1ccc([C@H](CC(=O)O)NC(=O)c2ccc(OC)c(Br)c2)cc1. The minimum Gasteiger partial charge on any atom is -0.497 e. The quantitative estimate of drug-likeness (QED) is 0.734. The van der Waals surface area contributed by atoms with Crippen LogP contribution in [0.1, 0.15) is 28.4 Å². The summed E-state index contributed by atoms with van der Waals surface area (Å²) in [4.78, 5) is 23.7. The first-order chi connectivity index (χ1) is 11.9. The van der Waals surface area contributed by atoms with Gasteiger partial charge >= 0.3 is 5.97 Å². The lowest BCUT2D eigenvalue weighted by Crippen LogP contribution is -2.30. The van der Waals surface area contributed by atoms with Gasteiger partial charge in [-0.15, -0.1) is 0 Å². The molecule has 0 bridgehead atoms. The van der Waals surface area contributed by atoms with Gasteiger partial charge in [0.15, 0.2) is 0 Å². The molecular weight excluding hydrogens is 390 g/mol. The van der Waals surface area contributed by atoms with Crippen molar-refractivity contribution in [1.29, 1.82) is 0 Å². The second-order valence-corrected chi connectivity index (χ2v) is 6.10. The van der Waals surface area contributed by atoms with Gasteiger partial charge in [-0.25, -0.2) is 0 Å². The zero-order valence-corrected chi connectivity index (χ0v) is 15.4. The van der Waals surface area contributed by atoms with Crippen LogP contribution < -0.4 is 14.8 Å². The van der Waals surface area contributed by atoms with Crippen LogP contribution in [0.4, 0.5) is 0 Å². The van der Waals surface area contributed by atoms with Gasteiger partial charge in [-0.2, -0.15) is 0 Å². The van der Waals surface area contributed by atoms with Crippen LogP contribution in [0.25, 0.3) is 0 Å². The third kappa shape index (κ3) is 4.96. The molecule has 2 rings (SSSR count). The van der Waals surface area contributed by atoms with Crippen LogP contribution in [0.15, 0.2) is 46.9 Å². The maximum absolute atomic E-state index is 12.5. The number of aliphatic carboxylic acids is 1. The zero-order chi connectivity index (χ0) is 18.4. The second kappa shape index (κ2) is 8.53. The van der Waals surface area contributed by atoms with Crippen molar-refractivity contribution < 1.29 is 24.2 Å². The number of hydrogen-bond donors (Lipinski definition) is 2. The Hall–Kier alpha value is -2.54. The van der Waals surface area contributed by atoms with E-state index in [9.17, 15) is 9.59 Å².